The van der Waals surface area contributed by atoms with Crippen LogP contribution in [0.15, 0.2) is 0 Å². The minimum Gasteiger partial charge on any atom is -0.381 e. The van der Waals surface area contributed by atoms with Crippen LogP contribution >= 0.6 is 0 Å². The van der Waals surface area contributed by atoms with Crippen molar-refractivity contribution in [3.8, 4) is 12.3 Å². The largest absolute Gasteiger partial charge is 0.381 e. The van der Waals surface area contributed by atoms with Gasteiger partial charge < -0.3 is 10.1 Å². The fourth-order valence-corrected chi connectivity index (χ4v) is 2.57. The Labute approximate surface area is 80.0 Å². The van der Waals surface area contributed by atoms with Crippen molar-refractivity contribution < 1.29 is 4.74 Å². The van der Waals surface area contributed by atoms with Crippen molar-refractivity contribution in [2.45, 2.75) is 31.7 Å². The molecule has 1 aliphatic carbocycles. The Balaban J connectivity index is 1.88. The average molecular weight is 179 g/mol. The van der Waals surface area contributed by atoms with Gasteiger partial charge in [-0.15, -0.1) is 6.42 Å². The molecule has 1 heterocycles. The molecule has 1 unspecified atom stereocenters. The number of hydrogen-bond acceptors (Lipinski definition) is 2. The number of nitrogens with one attached hydrogen (secondary N) is 1. The van der Waals surface area contributed by atoms with Crippen molar-refractivity contribution in [1.29, 1.82) is 0 Å². The highest BCUT2D eigenvalue weighted by molar-refractivity contribution is 5.03. The molecular weight excluding hydrogens is 162 g/mol. The van der Waals surface area contributed by atoms with E-state index in [4.69, 9.17) is 11.2 Å². The standard InChI is InChI=1S/C11H17NO/c1-2-7-12-10-3-4-11(10)5-8-13-9-6-11/h1,10,12H,3-9H2. The van der Waals surface area contributed by atoms with Crippen molar-refractivity contribution in [3.63, 3.8) is 0 Å². The van der Waals surface area contributed by atoms with Crippen LogP contribution in [-0.2, 0) is 4.74 Å². The Morgan fingerprint density at radius 1 is 1.38 bits per heavy atom. The van der Waals surface area contributed by atoms with E-state index in [1.165, 1.54) is 25.7 Å². The monoisotopic (exact) mass is 179 g/mol. The van der Waals surface area contributed by atoms with Crippen molar-refractivity contribution in [2.24, 2.45) is 5.41 Å². The second-order valence-electron chi connectivity index (χ2n) is 4.15. The molecular formula is C11H17NO. The zero-order valence-electron chi connectivity index (χ0n) is 8.01. The third-order valence-corrected chi connectivity index (χ3v) is 3.61. The van der Waals surface area contributed by atoms with Crippen LogP contribution in [0, 0.1) is 17.8 Å². The smallest absolute Gasteiger partial charge is 0.0576 e. The van der Waals surface area contributed by atoms with Gasteiger partial charge in [0.05, 0.1) is 6.54 Å². The maximum atomic E-state index is 5.39. The van der Waals surface area contributed by atoms with E-state index >= 15 is 0 Å². The van der Waals surface area contributed by atoms with Crippen LogP contribution in [0.4, 0.5) is 0 Å². The molecule has 1 saturated heterocycles. The Morgan fingerprint density at radius 3 is 2.69 bits per heavy atom. The summed E-state index contributed by atoms with van der Waals surface area (Å²) in [4.78, 5) is 0. The molecule has 0 bridgehead atoms. The molecule has 1 N–H and O–H groups in total. The average Bonchev–Trinajstić information content (AvgIpc) is 2.18. The highest BCUT2D eigenvalue weighted by Crippen LogP contribution is 2.48. The normalized spacial score (nSPS) is 30.8. The molecule has 1 spiro atoms. The number of terminal acetylenes is 1. The molecule has 1 saturated carbocycles. The highest BCUT2D eigenvalue weighted by atomic mass is 16.5. The summed E-state index contributed by atoms with van der Waals surface area (Å²) in [6.45, 7) is 2.59. The molecule has 72 valence electrons. The molecule has 0 aromatic rings. The van der Waals surface area contributed by atoms with E-state index in [1.54, 1.807) is 0 Å². The first-order valence-electron chi connectivity index (χ1n) is 5.12. The lowest BCUT2D eigenvalue weighted by molar-refractivity contribution is -0.0535. The van der Waals surface area contributed by atoms with E-state index < -0.39 is 0 Å². The van der Waals surface area contributed by atoms with Crippen LogP contribution in [0.5, 0.6) is 0 Å². The van der Waals surface area contributed by atoms with Gasteiger partial charge in [-0.1, -0.05) is 5.92 Å². The Kier molecular flexibility index (Phi) is 2.57. The zero-order valence-corrected chi connectivity index (χ0v) is 8.01. The second kappa shape index (κ2) is 3.69. The minimum atomic E-state index is 0.537. The van der Waals surface area contributed by atoms with E-state index in [2.05, 4.69) is 11.2 Å². The first-order chi connectivity index (χ1) is 6.37. The van der Waals surface area contributed by atoms with Crippen molar-refractivity contribution in [2.75, 3.05) is 19.8 Å². The molecule has 2 nitrogen and oxygen atoms in total. The van der Waals surface area contributed by atoms with Gasteiger partial charge in [-0.2, -0.15) is 0 Å². The van der Waals surface area contributed by atoms with Crippen LogP contribution in [-0.4, -0.2) is 25.8 Å². The molecule has 2 aliphatic rings. The predicted octanol–water partition coefficient (Wildman–Crippen LogP) is 1.17. The highest BCUT2D eigenvalue weighted by Gasteiger charge is 2.46. The third-order valence-electron chi connectivity index (χ3n) is 3.61. The van der Waals surface area contributed by atoms with E-state index in [0.717, 1.165) is 13.2 Å². The topological polar surface area (TPSA) is 21.3 Å². The molecule has 1 atom stereocenters. The summed E-state index contributed by atoms with van der Waals surface area (Å²) in [5.74, 6) is 2.65. The second-order valence-corrected chi connectivity index (χ2v) is 4.15. The van der Waals surface area contributed by atoms with Crippen LogP contribution in [0.3, 0.4) is 0 Å². The van der Waals surface area contributed by atoms with Gasteiger partial charge in [0.15, 0.2) is 0 Å². The fourth-order valence-electron chi connectivity index (χ4n) is 2.57. The van der Waals surface area contributed by atoms with Crippen molar-refractivity contribution in [3.05, 3.63) is 0 Å². The first kappa shape index (κ1) is 9.05. The first-order valence-corrected chi connectivity index (χ1v) is 5.12. The zero-order chi connectivity index (χ0) is 9.15. The number of rotatable bonds is 2. The third kappa shape index (κ3) is 1.59. The molecule has 2 rings (SSSR count). The van der Waals surface area contributed by atoms with Gasteiger partial charge in [-0.25, -0.2) is 0 Å². The van der Waals surface area contributed by atoms with Crippen molar-refractivity contribution in [1.82, 2.24) is 5.32 Å². The van der Waals surface area contributed by atoms with Crippen molar-refractivity contribution >= 4 is 0 Å². The molecule has 2 heteroatoms. The maximum absolute atomic E-state index is 5.39. The molecule has 1 aliphatic heterocycles. The van der Waals surface area contributed by atoms with Gasteiger partial charge in [0.25, 0.3) is 0 Å². The van der Waals surface area contributed by atoms with E-state index in [9.17, 15) is 0 Å². The van der Waals surface area contributed by atoms with Gasteiger partial charge >= 0.3 is 0 Å². The summed E-state index contributed by atoms with van der Waals surface area (Å²) in [5, 5.41) is 3.44. The van der Waals surface area contributed by atoms with Gasteiger partial charge in [0, 0.05) is 19.3 Å². The summed E-state index contributed by atoms with van der Waals surface area (Å²) in [5.41, 5.74) is 0.537. The summed E-state index contributed by atoms with van der Waals surface area (Å²) < 4.78 is 5.39. The lowest BCUT2D eigenvalue weighted by Gasteiger charge is -2.52. The lowest BCUT2D eigenvalue weighted by Crippen LogP contribution is -2.55. The summed E-state index contributed by atoms with van der Waals surface area (Å²) >= 11 is 0. The van der Waals surface area contributed by atoms with Gasteiger partial charge in [0.2, 0.25) is 0 Å². The van der Waals surface area contributed by atoms with E-state index in [-0.39, 0.29) is 0 Å². The Hall–Kier alpha value is -0.520. The molecule has 2 fully saturated rings. The maximum Gasteiger partial charge on any atom is 0.0576 e. The minimum absolute atomic E-state index is 0.537. The SMILES string of the molecule is C#CCNC1CCC12CCOCC2. The van der Waals surface area contributed by atoms with Crippen LogP contribution < -0.4 is 5.32 Å². The molecule has 0 aromatic heterocycles. The lowest BCUT2D eigenvalue weighted by atomic mass is 9.60. The molecule has 0 radical (unpaired) electrons. The van der Waals surface area contributed by atoms with E-state index in [0.29, 0.717) is 18.0 Å². The summed E-state index contributed by atoms with van der Waals surface area (Å²) in [7, 11) is 0. The van der Waals surface area contributed by atoms with Crippen LogP contribution in [0.2, 0.25) is 0 Å². The fraction of sp³-hybridized carbons (Fsp3) is 0.818. The summed E-state index contributed by atoms with van der Waals surface area (Å²) in [6.07, 6.45) is 10.3. The molecule has 0 amide bonds. The molecule has 13 heavy (non-hydrogen) atoms. The number of hydrogen-bond donors (Lipinski definition) is 1. The van der Waals surface area contributed by atoms with Gasteiger partial charge in [0.1, 0.15) is 0 Å². The van der Waals surface area contributed by atoms with Crippen LogP contribution in [0.25, 0.3) is 0 Å². The Morgan fingerprint density at radius 2 is 2.15 bits per heavy atom. The van der Waals surface area contributed by atoms with Crippen LogP contribution in [0.1, 0.15) is 25.7 Å². The summed E-state index contributed by atoms with van der Waals surface area (Å²) in [6, 6.07) is 0.660. The predicted molar refractivity (Wildman–Crippen MR) is 52.3 cm³/mol. The van der Waals surface area contributed by atoms with Gasteiger partial charge in [-0.3, -0.25) is 0 Å². The quantitative estimate of drug-likeness (QED) is 0.642. The Bertz CT molecular complexity index is 213. The van der Waals surface area contributed by atoms with Gasteiger partial charge in [-0.05, 0) is 31.1 Å². The number of ether oxygens (including phenoxy) is 1. The van der Waals surface area contributed by atoms with E-state index in [1.807, 2.05) is 0 Å². The molecule has 0 aromatic carbocycles.